The molecule has 0 amide bonds. The summed E-state index contributed by atoms with van der Waals surface area (Å²) in [6.07, 6.45) is 3.31. The molecule has 0 spiro atoms. The van der Waals surface area contributed by atoms with Crippen molar-refractivity contribution in [2.75, 3.05) is 0 Å². The first-order valence-corrected chi connectivity index (χ1v) is 5.89. The predicted molar refractivity (Wildman–Crippen MR) is 62.1 cm³/mol. The quantitative estimate of drug-likeness (QED) is 0.416. The number of rotatable bonds is 6. The Morgan fingerprint density at radius 2 is 2.00 bits per heavy atom. The van der Waals surface area contributed by atoms with Crippen LogP contribution in [-0.4, -0.2) is 15.9 Å². The molecule has 0 radical (unpaired) electrons. The van der Waals surface area contributed by atoms with Gasteiger partial charge in [-0.05, 0) is 32.6 Å². The molecule has 0 N–H and O–H groups in total. The normalized spacial score (nSPS) is 16.7. The van der Waals surface area contributed by atoms with Crippen LogP contribution in [0.25, 0.3) is 0 Å². The number of halogens is 2. The van der Waals surface area contributed by atoms with Gasteiger partial charge in [-0.2, -0.15) is 0 Å². The Kier molecular flexibility index (Phi) is 6.09. The second-order valence-corrected chi connectivity index (χ2v) is 5.62. The maximum Gasteiger partial charge on any atom is 0.120 e. The molecule has 3 heteroatoms. The zero-order valence-electron chi connectivity index (χ0n) is 8.52. The third-order valence-electron chi connectivity index (χ3n) is 2.16. The highest BCUT2D eigenvalue weighted by molar-refractivity contribution is 14.1. The zero-order valence-corrected chi connectivity index (χ0v) is 10.7. The van der Waals surface area contributed by atoms with Crippen molar-refractivity contribution in [1.29, 1.82) is 0 Å². The number of carbonyl (C=O) groups excluding carboxylic acids is 1. The van der Waals surface area contributed by atoms with Gasteiger partial charge in [-0.1, -0.05) is 29.5 Å². The van der Waals surface area contributed by atoms with Gasteiger partial charge in [0.1, 0.15) is 12.0 Å². The number of alkyl halides is 2. The fourth-order valence-electron chi connectivity index (χ4n) is 1.06. The van der Waals surface area contributed by atoms with Crippen molar-refractivity contribution in [2.24, 2.45) is 5.92 Å². The third kappa shape index (κ3) is 6.41. The van der Waals surface area contributed by atoms with E-state index >= 15 is 0 Å². The van der Waals surface area contributed by atoms with Gasteiger partial charge < -0.3 is 4.79 Å². The molecule has 2 atom stereocenters. The van der Waals surface area contributed by atoms with Gasteiger partial charge in [0, 0.05) is 10.3 Å². The van der Waals surface area contributed by atoms with Crippen molar-refractivity contribution in [2.45, 2.75) is 49.6 Å². The van der Waals surface area contributed by atoms with Crippen LogP contribution in [0, 0.1) is 5.92 Å². The molecule has 0 rings (SSSR count). The summed E-state index contributed by atoms with van der Waals surface area (Å²) < 4.78 is 13.4. The van der Waals surface area contributed by atoms with Gasteiger partial charge in [-0.15, -0.1) is 0 Å². The van der Waals surface area contributed by atoms with Crippen molar-refractivity contribution in [3.05, 3.63) is 0 Å². The molecule has 0 aliphatic rings. The van der Waals surface area contributed by atoms with E-state index in [1.165, 1.54) is 0 Å². The zero-order chi connectivity index (χ0) is 10.5. The number of carbonyl (C=O) groups is 1. The lowest BCUT2D eigenvalue weighted by molar-refractivity contribution is -0.108. The van der Waals surface area contributed by atoms with Gasteiger partial charge in [0.25, 0.3) is 0 Å². The first-order chi connectivity index (χ1) is 5.88. The Labute approximate surface area is 93.6 Å². The molecule has 0 heterocycles. The minimum Gasteiger partial charge on any atom is -0.303 e. The number of hydrogen-bond donors (Lipinski definition) is 0. The molecule has 0 aliphatic carbocycles. The summed E-state index contributed by atoms with van der Waals surface area (Å²) in [5.41, 5.74) is -1.11. The van der Waals surface area contributed by atoms with Crippen molar-refractivity contribution >= 4 is 28.9 Å². The first kappa shape index (κ1) is 13.3. The van der Waals surface area contributed by atoms with E-state index in [1.54, 1.807) is 13.8 Å². The molecule has 0 saturated carbocycles. The van der Waals surface area contributed by atoms with Gasteiger partial charge in [-0.3, -0.25) is 0 Å². The highest BCUT2D eigenvalue weighted by atomic mass is 127. The van der Waals surface area contributed by atoms with Crippen LogP contribution in [0.15, 0.2) is 0 Å². The lowest BCUT2D eigenvalue weighted by Crippen LogP contribution is -2.26. The second-order valence-electron chi connectivity index (χ2n) is 4.12. The van der Waals surface area contributed by atoms with Gasteiger partial charge in [0.05, 0.1) is 0 Å². The molecule has 0 saturated heterocycles. The molecule has 78 valence electrons. The number of hydrogen-bond acceptors (Lipinski definition) is 1. The summed E-state index contributed by atoms with van der Waals surface area (Å²) in [7, 11) is 0. The first-order valence-electron chi connectivity index (χ1n) is 4.64. The summed E-state index contributed by atoms with van der Waals surface area (Å²) in [6, 6.07) is 0. The van der Waals surface area contributed by atoms with Crippen molar-refractivity contribution in [3.63, 3.8) is 0 Å². The SMILES string of the molecule is CC(CC=O)CCC(I)C(C)(C)F. The topological polar surface area (TPSA) is 17.1 Å². The van der Waals surface area contributed by atoms with Crippen LogP contribution in [-0.2, 0) is 4.79 Å². The molecule has 2 unspecified atom stereocenters. The highest BCUT2D eigenvalue weighted by Crippen LogP contribution is 2.27. The van der Waals surface area contributed by atoms with E-state index in [4.69, 9.17) is 0 Å². The van der Waals surface area contributed by atoms with E-state index in [1.807, 2.05) is 6.92 Å². The van der Waals surface area contributed by atoms with Gasteiger partial charge in [-0.25, -0.2) is 4.39 Å². The van der Waals surface area contributed by atoms with E-state index < -0.39 is 5.67 Å². The molecular formula is C10H18FIO. The minimum absolute atomic E-state index is 0.0409. The molecular weight excluding hydrogens is 282 g/mol. The number of aldehydes is 1. The van der Waals surface area contributed by atoms with Crippen molar-refractivity contribution in [1.82, 2.24) is 0 Å². The Morgan fingerprint density at radius 1 is 1.46 bits per heavy atom. The molecule has 0 aromatic carbocycles. The van der Waals surface area contributed by atoms with Crippen molar-refractivity contribution < 1.29 is 9.18 Å². The average Bonchev–Trinajstić information content (AvgIpc) is 1.99. The third-order valence-corrected chi connectivity index (χ3v) is 4.26. The van der Waals surface area contributed by atoms with Crippen LogP contribution in [0.1, 0.15) is 40.0 Å². The summed E-state index contributed by atoms with van der Waals surface area (Å²) in [4.78, 5) is 10.2. The van der Waals surface area contributed by atoms with Crippen LogP contribution < -0.4 is 0 Å². The van der Waals surface area contributed by atoms with Crippen LogP contribution in [0.3, 0.4) is 0 Å². The van der Waals surface area contributed by atoms with E-state index in [0.717, 1.165) is 19.1 Å². The van der Waals surface area contributed by atoms with E-state index in [-0.39, 0.29) is 3.92 Å². The van der Waals surface area contributed by atoms with Crippen LogP contribution in [0.2, 0.25) is 0 Å². The van der Waals surface area contributed by atoms with Gasteiger partial charge >= 0.3 is 0 Å². The molecule has 0 aromatic rings. The molecule has 1 nitrogen and oxygen atoms in total. The van der Waals surface area contributed by atoms with Gasteiger partial charge in [0.15, 0.2) is 0 Å². The maximum atomic E-state index is 13.3. The molecule has 0 fully saturated rings. The molecule has 0 aliphatic heterocycles. The summed E-state index contributed by atoms with van der Waals surface area (Å²) in [6.45, 7) is 5.24. The maximum absolute atomic E-state index is 13.3. The Balaban J connectivity index is 3.69. The van der Waals surface area contributed by atoms with E-state index in [0.29, 0.717) is 12.3 Å². The summed E-state index contributed by atoms with van der Waals surface area (Å²) in [5.74, 6) is 0.386. The summed E-state index contributed by atoms with van der Waals surface area (Å²) >= 11 is 2.15. The van der Waals surface area contributed by atoms with Crippen LogP contribution >= 0.6 is 22.6 Å². The largest absolute Gasteiger partial charge is 0.303 e. The Hall–Kier alpha value is 0.330. The minimum atomic E-state index is -1.11. The molecule has 13 heavy (non-hydrogen) atoms. The molecule has 0 bridgehead atoms. The Bertz CT molecular complexity index is 153. The highest BCUT2D eigenvalue weighted by Gasteiger charge is 2.26. The standard InChI is InChI=1S/C10H18FIO/c1-8(6-7-13)4-5-9(12)10(2,3)11/h7-9H,4-6H2,1-3H3. The smallest absolute Gasteiger partial charge is 0.120 e. The van der Waals surface area contributed by atoms with Crippen LogP contribution in [0.5, 0.6) is 0 Å². The molecule has 0 aromatic heterocycles. The fourth-order valence-corrected chi connectivity index (χ4v) is 1.42. The predicted octanol–water partition coefficient (Wildman–Crippen LogP) is 3.54. The second kappa shape index (κ2) is 5.94. The average molecular weight is 300 g/mol. The fraction of sp³-hybridized carbons (Fsp3) is 0.900. The van der Waals surface area contributed by atoms with E-state index in [2.05, 4.69) is 22.6 Å². The lowest BCUT2D eigenvalue weighted by Gasteiger charge is -2.22. The van der Waals surface area contributed by atoms with Crippen LogP contribution in [0.4, 0.5) is 4.39 Å². The lowest BCUT2D eigenvalue weighted by atomic mass is 9.96. The van der Waals surface area contributed by atoms with Crippen molar-refractivity contribution in [3.8, 4) is 0 Å². The van der Waals surface area contributed by atoms with E-state index in [9.17, 15) is 9.18 Å². The Morgan fingerprint density at radius 3 is 2.38 bits per heavy atom. The van der Waals surface area contributed by atoms with Gasteiger partial charge in [0.2, 0.25) is 0 Å². The monoisotopic (exact) mass is 300 g/mol. The summed E-state index contributed by atoms with van der Waals surface area (Å²) in [5, 5.41) is 0.